The molecule has 4 nitrogen and oxygen atoms in total. The monoisotopic (exact) mass is 410 g/mol. The number of methoxy groups -OCH3 is 2. The van der Waals surface area contributed by atoms with Crippen molar-refractivity contribution in [3.05, 3.63) is 102 Å². The van der Waals surface area contributed by atoms with Gasteiger partial charge < -0.3 is 14.2 Å². The molecule has 4 aromatic rings. The van der Waals surface area contributed by atoms with Crippen LogP contribution in [0.1, 0.15) is 21.5 Å². The van der Waals surface area contributed by atoms with E-state index in [4.69, 9.17) is 14.2 Å². The van der Waals surface area contributed by atoms with Gasteiger partial charge in [0.05, 0.1) is 19.8 Å². The summed E-state index contributed by atoms with van der Waals surface area (Å²) in [4.78, 5) is 12.5. The van der Waals surface area contributed by atoms with Crippen molar-refractivity contribution in [1.29, 1.82) is 0 Å². The van der Waals surface area contributed by atoms with Crippen molar-refractivity contribution < 1.29 is 19.0 Å². The fourth-order valence-electron chi connectivity index (χ4n) is 3.34. The van der Waals surface area contributed by atoms with E-state index < -0.39 is 5.97 Å². The normalized spacial score (nSPS) is 10.9. The summed E-state index contributed by atoms with van der Waals surface area (Å²) >= 11 is 0. The van der Waals surface area contributed by atoms with E-state index in [0.29, 0.717) is 22.8 Å². The zero-order valence-corrected chi connectivity index (χ0v) is 17.4. The lowest BCUT2D eigenvalue weighted by molar-refractivity contribution is 0.0729. The predicted octanol–water partition coefficient (Wildman–Crippen LogP) is 6.25. The number of hydrogen-bond acceptors (Lipinski definition) is 4. The Hall–Kier alpha value is -4.05. The van der Waals surface area contributed by atoms with Crippen molar-refractivity contribution in [2.24, 2.45) is 0 Å². The van der Waals surface area contributed by atoms with Crippen molar-refractivity contribution in [1.82, 2.24) is 0 Å². The molecule has 0 bridgehead atoms. The SMILES string of the molecule is COc1ccc(C(=O)Oc2ccc(C=Cc3cccc4ccccc34)cc2OC)cc1. The Morgan fingerprint density at radius 2 is 1.52 bits per heavy atom. The summed E-state index contributed by atoms with van der Waals surface area (Å²) in [5.74, 6) is 1.07. The molecule has 0 aromatic heterocycles. The van der Waals surface area contributed by atoms with E-state index in [1.807, 2.05) is 36.4 Å². The summed E-state index contributed by atoms with van der Waals surface area (Å²) in [7, 11) is 3.13. The van der Waals surface area contributed by atoms with Crippen LogP contribution in [0.5, 0.6) is 17.2 Å². The zero-order chi connectivity index (χ0) is 21.6. The molecule has 0 saturated carbocycles. The third-order valence-corrected chi connectivity index (χ3v) is 4.99. The summed E-state index contributed by atoms with van der Waals surface area (Å²) in [6.07, 6.45) is 4.08. The van der Waals surface area contributed by atoms with E-state index in [2.05, 4.69) is 30.3 Å². The third kappa shape index (κ3) is 4.59. The molecule has 0 aliphatic carbocycles. The van der Waals surface area contributed by atoms with Crippen LogP contribution < -0.4 is 14.2 Å². The Labute approximate surface area is 181 Å². The number of ether oxygens (including phenoxy) is 3. The minimum absolute atomic E-state index is 0.366. The molecule has 0 N–H and O–H groups in total. The first-order chi connectivity index (χ1) is 15.2. The Balaban J connectivity index is 1.54. The average molecular weight is 410 g/mol. The van der Waals surface area contributed by atoms with Crippen molar-refractivity contribution in [3.8, 4) is 17.2 Å². The van der Waals surface area contributed by atoms with Gasteiger partial charge in [0, 0.05) is 0 Å². The molecule has 0 aliphatic heterocycles. The average Bonchev–Trinajstić information content (AvgIpc) is 2.83. The fourth-order valence-corrected chi connectivity index (χ4v) is 3.34. The second kappa shape index (κ2) is 9.18. The molecule has 4 rings (SSSR count). The van der Waals surface area contributed by atoms with Gasteiger partial charge in [-0.1, -0.05) is 60.7 Å². The molecule has 0 amide bonds. The molecule has 0 saturated heterocycles. The summed E-state index contributed by atoms with van der Waals surface area (Å²) in [6, 6.07) is 26.7. The van der Waals surface area contributed by atoms with Crippen LogP contribution in [-0.2, 0) is 0 Å². The van der Waals surface area contributed by atoms with Crippen LogP contribution in [0.15, 0.2) is 84.9 Å². The van der Waals surface area contributed by atoms with Crippen LogP contribution in [0.25, 0.3) is 22.9 Å². The van der Waals surface area contributed by atoms with E-state index in [1.54, 1.807) is 44.6 Å². The molecule has 4 aromatic carbocycles. The lowest BCUT2D eigenvalue weighted by Gasteiger charge is -2.10. The maximum absolute atomic E-state index is 12.5. The Morgan fingerprint density at radius 1 is 0.742 bits per heavy atom. The maximum atomic E-state index is 12.5. The number of benzene rings is 4. The van der Waals surface area contributed by atoms with Crippen molar-refractivity contribution >= 4 is 28.9 Å². The summed E-state index contributed by atoms with van der Waals surface area (Å²) in [5.41, 5.74) is 2.50. The van der Waals surface area contributed by atoms with Crippen LogP contribution in [0, 0.1) is 0 Å². The first kappa shape index (κ1) is 20.2. The first-order valence-corrected chi connectivity index (χ1v) is 9.88. The number of rotatable bonds is 6. The molecule has 0 atom stereocenters. The molecule has 0 fully saturated rings. The Morgan fingerprint density at radius 3 is 2.29 bits per heavy atom. The summed E-state index contributed by atoms with van der Waals surface area (Å²) < 4.78 is 16.1. The van der Waals surface area contributed by atoms with Gasteiger partial charge in [-0.05, 0) is 58.3 Å². The van der Waals surface area contributed by atoms with Crippen LogP contribution >= 0.6 is 0 Å². The second-order valence-electron chi connectivity index (χ2n) is 6.93. The van der Waals surface area contributed by atoms with Crippen LogP contribution in [-0.4, -0.2) is 20.2 Å². The van der Waals surface area contributed by atoms with Gasteiger partial charge in [-0.25, -0.2) is 4.79 Å². The van der Waals surface area contributed by atoms with Crippen molar-refractivity contribution in [2.45, 2.75) is 0 Å². The van der Waals surface area contributed by atoms with Crippen molar-refractivity contribution in [3.63, 3.8) is 0 Å². The van der Waals surface area contributed by atoms with Gasteiger partial charge in [0.15, 0.2) is 11.5 Å². The minimum Gasteiger partial charge on any atom is -0.497 e. The molecule has 0 heterocycles. The molecular formula is C27H22O4. The number of esters is 1. The van der Waals surface area contributed by atoms with Crippen LogP contribution in [0.2, 0.25) is 0 Å². The highest BCUT2D eigenvalue weighted by molar-refractivity contribution is 5.93. The smallest absolute Gasteiger partial charge is 0.343 e. The van der Waals surface area contributed by atoms with Gasteiger partial charge in [-0.15, -0.1) is 0 Å². The van der Waals surface area contributed by atoms with Gasteiger partial charge in [0.25, 0.3) is 0 Å². The first-order valence-electron chi connectivity index (χ1n) is 9.88. The second-order valence-corrected chi connectivity index (χ2v) is 6.93. The van der Waals surface area contributed by atoms with Crippen LogP contribution in [0.3, 0.4) is 0 Å². The van der Waals surface area contributed by atoms with E-state index in [0.717, 1.165) is 11.1 Å². The largest absolute Gasteiger partial charge is 0.497 e. The van der Waals surface area contributed by atoms with E-state index >= 15 is 0 Å². The summed E-state index contributed by atoms with van der Waals surface area (Å²) in [5, 5.41) is 2.39. The quantitative estimate of drug-likeness (QED) is 0.214. The fraction of sp³-hybridized carbons (Fsp3) is 0.0741. The third-order valence-electron chi connectivity index (χ3n) is 4.99. The summed E-state index contributed by atoms with van der Waals surface area (Å²) in [6.45, 7) is 0. The molecule has 0 spiro atoms. The van der Waals surface area contributed by atoms with Gasteiger partial charge in [-0.3, -0.25) is 0 Å². The zero-order valence-electron chi connectivity index (χ0n) is 17.4. The van der Waals surface area contributed by atoms with E-state index in [1.165, 1.54) is 10.8 Å². The lowest BCUT2D eigenvalue weighted by Crippen LogP contribution is -2.09. The molecular weight excluding hydrogens is 388 g/mol. The number of carbonyl (C=O) groups is 1. The molecule has 0 aliphatic rings. The van der Waals surface area contributed by atoms with Gasteiger partial charge in [-0.2, -0.15) is 0 Å². The predicted molar refractivity (Wildman–Crippen MR) is 124 cm³/mol. The van der Waals surface area contributed by atoms with E-state index in [-0.39, 0.29) is 0 Å². The number of hydrogen-bond donors (Lipinski definition) is 0. The molecule has 0 radical (unpaired) electrons. The van der Waals surface area contributed by atoms with Gasteiger partial charge in [0.1, 0.15) is 5.75 Å². The highest BCUT2D eigenvalue weighted by Gasteiger charge is 2.13. The van der Waals surface area contributed by atoms with Gasteiger partial charge >= 0.3 is 5.97 Å². The highest BCUT2D eigenvalue weighted by Crippen LogP contribution is 2.30. The number of carbonyl (C=O) groups excluding carboxylic acids is 1. The lowest BCUT2D eigenvalue weighted by atomic mass is 10.0. The van der Waals surface area contributed by atoms with Crippen molar-refractivity contribution in [2.75, 3.05) is 14.2 Å². The number of fused-ring (bicyclic) bond motifs is 1. The molecule has 31 heavy (non-hydrogen) atoms. The van der Waals surface area contributed by atoms with Crippen LogP contribution in [0.4, 0.5) is 0 Å². The minimum atomic E-state index is -0.458. The van der Waals surface area contributed by atoms with E-state index in [9.17, 15) is 4.79 Å². The standard InChI is InChI=1S/C27H22O4/c1-29-23-15-13-22(14-16-23)27(28)31-25-17-11-19(18-26(25)30-2)10-12-21-8-5-7-20-6-3-4-9-24(20)21/h3-18H,1-2H3. The maximum Gasteiger partial charge on any atom is 0.343 e. The topological polar surface area (TPSA) is 44.8 Å². The Bertz CT molecular complexity index is 1230. The molecule has 154 valence electrons. The molecule has 0 unspecified atom stereocenters. The van der Waals surface area contributed by atoms with Gasteiger partial charge in [0.2, 0.25) is 0 Å². The highest BCUT2D eigenvalue weighted by atomic mass is 16.6. The Kier molecular flexibility index (Phi) is 5.99. The molecule has 4 heteroatoms.